The van der Waals surface area contributed by atoms with Crippen molar-refractivity contribution >= 4 is 11.5 Å². The van der Waals surface area contributed by atoms with E-state index in [0.29, 0.717) is 28.3 Å². The fourth-order valence-electron chi connectivity index (χ4n) is 2.28. The summed E-state index contributed by atoms with van der Waals surface area (Å²) in [6.45, 7) is 0. The number of anilines is 1. The van der Waals surface area contributed by atoms with Crippen molar-refractivity contribution in [1.29, 1.82) is 15.8 Å². The minimum atomic E-state index is -0.317. The summed E-state index contributed by atoms with van der Waals surface area (Å²) >= 11 is 0. The third-order valence-corrected chi connectivity index (χ3v) is 3.65. The zero-order valence-electron chi connectivity index (χ0n) is 14.6. The lowest BCUT2D eigenvalue weighted by molar-refractivity contribution is 0.103. The largest absolute Gasteiger partial charge is 0.493 e. The van der Waals surface area contributed by atoms with Crippen LogP contribution in [0.15, 0.2) is 53.7 Å². The smallest absolute Gasteiger partial charge is 0.193 e. The molecule has 2 aromatic rings. The molecule has 0 unspecified atom stereocenters. The molecule has 7 nitrogen and oxygen atoms in total. The Balaban J connectivity index is 2.27. The molecule has 0 saturated heterocycles. The van der Waals surface area contributed by atoms with Gasteiger partial charge >= 0.3 is 0 Å². The zero-order chi connectivity index (χ0) is 19.8. The maximum Gasteiger partial charge on any atom is 0.193 e. The molecule has 0 saturated carbocycles. The molecule has 1 N–H and O–H groups in total. The molecule has 2 rings (SSSR count). The Labute approximate surface area is 156 Å². The van der Waals surface area contributed by atoms with Crippen LogP contribution in [0, 0.1) is 34.0 Å². The summed E-state index contributed by atoms with van der Waals surface area (Å²) in [5, 5.41) is 29.4. The van der Waals surface area contributed by atoms with Gasteiger partial charge in [0.15, 0.2) is 22.9 Å². The molecule has 0 bridgehead atoms. The van der Waals surface area contributed by atoms with Crippen LogP contribution >= 0.6 is 0 Å². The lowest BCUT2D eigenvalue weighted by Gasteiger charge is -2.10. The van der Waals surface area contributed by atoms with Crippen molar-refractivity contribution in [1.82, 2.24) is 0 Å². The van der Waals surface area contributed by atoms with Crippen LogP contribution in [0.2, 0.25) is 0 Å². The molecule has 2 aromatic carbocycles. The van der Waals surface area contributed by atoms with E-state index < -0.39 is 0 Å². The van der Waals surface area contributed by atoms with Gasteiger partial charge in [0.25, 0.3) is 0 Å². The number of benzene rings is 2. The first-order chi connectivity index (χ1) is 13.1. The van der Waals surface area contributed by atoms with Crippen molar-refractivity contribution in [2.75, 3.05) is 19.5 Å². The lowest BCUT2D eigenvalue weighted by atomic mass is 10.0. The number of nitrogens with zero attached hydrogens (tertiary/aromatic N) is 3. The first-order valence-corrected chi connectivity index (χ1v) is 7.66. The van der Waals surface area contributed by atoms with E-state index in [0.717, 1.165) is 0 Å². The summed E-state index contributed by atoms with van der Waals surface area (Å²) < 4.78 is 10.4. The van der Waals surface area contributed by atoms with Crippen LogP contribution in [0.3, 0.4) is 0 Å². The Kier molecular flexibility index (Phi) is 6.15. The van der Waals surface area contributed by atoms with E-state index in [1.54, 1.807) is 60.7 Å². The van der Waals surface area contributed by atoms with E-state index in [-0.39, 0.29) is 17.1 Å². The molecule has 0 fully saturated rings. The van der Waals surface area contributed by atoms with Gasteiger partial charge in [0.05, 0.1) is 14.2 Å². The summed E-state index contributed by atoms with van der Waals surface area (Å²) in [5.41, 5.74) is 0.860. The van der Waals surface area contributed by atoms with Gasteiger partial charge in [0.1, 0.15) is 23.9 Å². The van der Waals surface area contributed by atoms with E-state index in [9.17, 15) is 4.79 Å². The third kappa shape index (κ3) is 4.22. The second-order valence-corrected chi connectivity index (χ2v) is 5.19. The first kappa shape index (κ1) is 19.1. The van der Waals surface area contributed by atoms with E-state index in [1.165, 1.54) is 14.2 Å². The molecule has 0 amide bonds. The second-order valence-electron chi connectivity index (χ2n) is 5.19. The van der Waals surface area contributed by atoms with Gasteiger partial charge in [0.2, 0.25) is 0 Å². The highest BCUT2D eigenvalue weighted by Crippen LogP contribution is 2.28. The van der Waals surface area contributed by atoms with Crippen molar-refractivity contribution in [3.8, 4) is 29.7 Å². The van der Waals surface area contributed by atoms with Gasteiger partial charge in [-0.1, -0.05) is 0 Å². The molecule has 0 aliphatic heterocycles. The molecule has 27 heavy (non-hydrogen) atoms. The Morgan fingerprint density at radius 2 is 1.44 bits per heavy atom. The fraction of sp³-hybridized carbons (Fsp3) is 0.100. The monoisotopic (exact) mass is 358 g/mol. The molecular formula is C20H14N4O3. The maximum atomic E-state index is 12.6. The van der Waals surface area contributed by atoms with Crippen molar-refractivity contribution in [3.05, 3.63) is 64.9 Å². The Morgan fingerprint density at radius 3 is 1.96 bits per heavy atom. The number of ether oxygens (including phenoxy) is 2. The molecule has 0 radical (unpaired) electrons. The van der Waals surface area contributed by atoms with Crippen LogP contribution in [0.5, 0.6) is 11.5 Å². The topological polar surface area (TPSA) is 119 Å². The van der Waals surface area contributed by atoms with Crippen LogP contribution < -0.4 is 14.8 Å². The number of hydrogen-bond donors (Lipinski definition) is 1. The predicted molar refractivity (Wildman–Crippen MR) is 96.9 cm³/mol. The van der Waals surface area contributed by atoms with Crippen molar-refractivity contribution < 1.29 is 14.3 Å². The van der Waals surface area contributed by atoms with Gasteiger partial charge in [-0.25, -0.2) is 0 Å². The summed E-state index contributed by atoms with van der Waals surface area (Å²) in [6.07, 6.45) is 0. The van der Waals surface area contributed by atoms with Gasteiger partial charge in [-0.2, -0.15) is 15.8 Å². The van der Waals surface area contributed by atoms with E-state index >= 15 is 0 Å². The number of ketones is 1. The normalized spacial score (nSPS) is 9.15. The van der Waals surface area contributed by atoms with Crippen LogP contribution in [0.25, 0.3) is 0 Å². The van der Waals surface area contributed by atoms with Gasteiger partial charge in [0, 0.05) is 16.8 Å². The Morgan fingerprint density at radius 1 is 0.852 bits per heavy atom. The number of allylic oxidation sites excluding steroid dienone is 2. The minimum Gasteiger partial charge on any atom is -0.493 e. The highest BCUT2D eigenvalue weighted by atomic mass is 16.5. The average Bonchev–Trinajstić information content (AvgIpc) is 2.73. The first-order valence-electron chi connectivity index (χ1n) is 7.66. The number of methoxy groups -OCH3 is 2. The number of hydrogen-bond acceptors (Lipinski definition) is 7. The molecule has 0 aliphatic rings. The van der Waals surface area contributed by atoms with Crippen LogP contribution in [0.4, 0.5) is 5.69 Å². The highest BCUT2D eigenvalue weighted by molar-refractivity contribution is 6.09. The maximum absolute atomic E-state index is 12.6. The molecule has 0 spiro atoms. The SMILES string of the molecule is COc1ccc(C(=O)c2ccc(NC(C#N)=C(C#N)C#N)cc2)cc1OC. The number of nitriles is 3. The number of rotatable bonds is 6. The summed E-state index contributed by atoms with van der Waals surface area (Å²) in [4.78, 5) is 12.6. The quantitative estimate of drug-likeness (QED) is 0.622. The fourth-order valence-corrected chi connectivity index (χ4v) is 2.28. The number of nitrogens with one attached hydrogen (secondary N) is 1. The number of carbonyl (C=O) groups is 1. The molecule has 0 heterocycles. The molecule has 0 aliphatic carbocycles. The van der Waals surface area contributed by atoms with Gasteiger partial charge in [-0.05, 0) is 42.5 Å². The van der Waals surface area contributed by atoms with Gasteiger partial charge in [-0.15, -0.1) is 0 Å². The van der Waals surface area contributed by atoms with Gasteiger partial charge in [-0.3, -0.25) is 4.79 Å². The van der Waals surface area contributed by atoms with Gasteiger partial charge < -0.3 is 14.8 Å². The molecule has 7 heteroatoms. The summed E-state index contributed by atoms with van der Waals surface area (Å²) in [7, 11) is 3.00. The summed E-state index contributed by atoms with van der Waals surface area (Å²) in [5.74, 6) is 0.759. The van der Waals surface area contributed by atoms with Crippen LogP contribution in [0.1, 0.15) is 15.9 Å². The van der Waals surface area contributed by atoms with Crippen molar-refractivity contribution in [3.63, 3.8) is 0 Å². The number of carbonyl (C=O) groups excluding carboxylic acids is 1. The van der Waals surface area contributed by atoms with E-state index in [2.05, 4.69) is 5.32 Å². The average molecular weight is 358 g/mol. The Hall–Kier alpha value is -4.28. The highest BCUT2D eigenvalue weighted by Gasteiger charge is 2.13. The van der Waals surface area contributed by atoms with E-state index in [1.807, 2.05) is 0 Å². The molecule has 0 atom stereocenters. The standard InChI is InChI=1S/C20H14N4O3/c1-26-18-8-5-14(9-19(18)27-2)20(25)13-3-6-16(7-4-13)24-17(12-23)15(10-21)11-22/h3-9,24H,1-2H3. The predicted octanol–water partition coefficient (Wildman–Crippen LogP) is 3.17. The van der Waals surface area contributed by atoms with Crippen molar-refractivity contribution in [2.24, 2.45) is 0 Å². The third-order valence-electron chi connectivity index (χ3n) is 3.65. The minimum absolute atomic E-state index is 0.154. The van der Waals surface area contributed by atoms with Crippen molar-refractivity contribution in [2.45, 2.75) is 0 Å². The molecule has 132 valence electrons. The second kappa shape index (κ2) is 8.71. The van der Waals surface area contributed by atoms with Crippen LogP contribution in [-0.2, 0) is 0 Å². The molecular weight excluding hydrogens is 344 g/mol. The van der Waals surface area contributed by atoms with Crippen LogP contribution in [-0.4, -0.2) is 20.0 Å². The van der Waals surface area contributed by atoms with E-state index in [4.69, 9.17) is 25.3 Å². The zero-order valence-corrected chi connectivity index (χ0v) is 14.6. The lowest BCUT2D eigenvalue weighted by Crippen LogP contribution is -2.04. The Bertz CT molecular complexity index is 1000. The summed E-state index contributed by atoms with van der Waals surface area (Å²) in [6, 6.07) is 16.3. The molecule has 0 aromatic heterocycles.